The van der Waals surface area contributed by atoms with Crippen molar-refractivity contribution in [1.29, 1.82) is 0 Å². The molecular formula is C14H28N2OS. The van der Waals surface area contributed by atoms with E-state index in [4.69, 9.17) is 0 Å². The lowest BCUT2D eigenvalue weighted by Crippen LogP contribution is -2.48. The van der Waals surface area contributed by atoms with Gasteiger partial charge in [0.2, 0.25) is 5.91 Å². The minimum Gasteiger partial charge on any atom is -0.352 e. The van der Waals surface area contributed by atoms with Crippen LogP contribution in [-0.4, -0.2) is 35.0 Å². The van der Waals surface area contributed by atoms with Crippen molar-refractivity contribution in [2.45, 2.75) is 76.8 Å². The summed E-state index contributed by atoms with van der Waals surface area (Å²) in [5.41, 5.74) is 0. The highest BCUT2D eigenvalue weighted by atomic mass is 32.2. The molecule has 0 heterocycles. The second kappa shape index (κ2) is 8.05. The Morgan fingerprint density at radius 3 is 2.67 bits per heavy atom. The molecule has 4 atom stereocenters. The van der Waals surface area contributed by atoms with Crippen LogP contribution in [0, 0.1) is 0 Å². The average Bonchev–Trinajstić information content (AvgIpc) is 2.76. The van der Waals surface area contributed by atoms with Gasteiger partial charge >= 0.3 is 0 Å². The molecule has 0 saturated heterocycles. The lowest BCUT2D eigenvalue weighted by atomic mass is 10.2. The van der Waals surface area contributed by atoms with Gasteiger partial charge in [0.05, 0.1) is 6.04 Å². The molecule has 4 unspecified atom stereocenters. The van der Waals surface area contributed by atoms with Crippen molar-refractivity contribution in [3.05, 3.63) is 0 Å². The number of hydrogen-bond acceptors (Lipinski definition) is 3. The fourth-order valence-electron chi connectivity index (χ4n) is 2.38. The first kappa shape index (κ1) is 15.8. The van der Waals surface area contributed by atoms with E-state index in [1.807, 2.05) is 13.8 Å². The highest BCUT2D eigenvalue weighted by molar-refractivity contribution is 7.99. The van der Waals surface area contributed by atoms with Crippen LogP contribution in [0.1, 0.15) is 53.4 Å². The normalized spacial score (nSPS) is 26.9. The van der Waals surface area contributed by atoms with Crippen LogP contribution in [0.2, 0.25) is 0 Å². The van der Waals surface area contributed by atoms with Crippen LogP contribution in [0.3, 0.4) is 0 Å². The first-order valence-corrected chi connectivity index (χ1v) is 8.29. The van der Waals surface area contributed by atoms with E-state index in [1.165, 1.54) is 25.0 Å². The number of hydrogen-bond donors (Lipinski definition) is 2. The fourth-order valence-corrected chi connectivity index (χ4v) is 3.52. The molecule has 1 fully saturated rings. The van der Waals surface area contributed by atoms with Crippen molar-refractivity contribution in [3.8, 4) is 0 Å². The maximum atomic E-state index is 11.9. The lowest BCUT2D eigenvalue weighted by molar-refractivity contribution is -0.123. The predicted molar refractivity (Wildman–Crippen MR) is 80.1 cm³/mol. The first-order chi connectivity index (χ1) is 8.56. The summed E-state index contributed by atoms with van der Waals surface area (Å²) in [5, 5.41) is 7.29. The second-order valence-electron chi connectivity index (χ2n) is 5.29. The third-order valence-electron chi connectivity index (χ3n) is 3.67. The minimum absolute atomic E-state index is 0.0747. The molecule has 4 heteroatoms. The van der Waals surface area contributed by atoms with Gasteiger partial charge in [-0.3, -0.25) is 4.79 Å². The minimum atomic E-state index is -0.0747. The molecule has 0 radical (unpaired) electrons. The summed E-state index contributed by atoms with van der Waals surface area (Å²) < 4.78 is 0. The van der Waals surface area contributed by atoms with Crippen molar-refractivity contribution in [3.63, 3.8) is 0 Å². The van der Waals surface area contributed by atoms with Crippen LogP contribution in [0.4, 0.5) is 0 Å². The van der Waals surface area contributed by atoms with E-state index in [2.05, 4.69) is 36.2 Å². The van der Waals surface area contributed by atoms with Crippen molar-refractivity contribution >= 4 is 17.7 Å². The molecule has 1 rings (SSSR count). The Bertz CT molecular complexity index is 260. The van der Waals surface area contributed by atoms with Gasteiger partial charge in [-0.2, -0.15) is 11.8 Å². The third kappa shape index (κ3) is 5.19. The van der Waals surface area contributed by atoms with Gasteiger partial charge in [0.15, 0.2) is 0 Å². The van der Waals surface area contributed by atoms with E-state index in [0.29, 0.717) is 6.04 Å². The van der Waals surface area contributed by atoms with Crippen LogP contribution >= 0.6 is 11.8 Å². The summed E-state index contributed by atoms with van der Waals surface area (Å²) in [6.45, 7) is 8.33. The summed E-state index contributed by atoms with van der Waals surface area (Å²) in [6, 6.07) is 0.717. The van der Waals surface area contributed by atoms with E-state index in [-0.39, 0.29) is 18.0 Å². The Hall–Kier alpha value is -0.220. The topological polar surface area (TPSA) is 41.1 Å². The van der Waals surface area contributed by atoms with E-state index in [0.717, 1.165) is 11.7 Å². The Labute approximate surface area is 116 Å². The fraction of sp³-hybridized carbons (Fsp3) is 0.929. The average molecular weight is 272 g/mol. The Morgan fingerprint density at radius 1 is 1.33 bits per heavy atom. The van der Waals surface area contributed by atoms with Crippen LogP contribution in [0.25, 0.3) is 0 Å². The zero-order chi connectivity index (χ0) is 13.5. The number of amides is 1. The molecule has 2 N–H and O–H groups in total. The maximum Gasteiger partial charge on any atom is 0.237 e. The number of nitrogens with one attached hydrogen (secondary N) is 2. The van der Waals surface area contributed by atoms with Crippen molar-refractivity contribution in [1.82, 2.24) is 10.6 Å². The van der Waals surface area contributed by atoms with Crippen molar-refractivity contribution < 1.29 is 4.79 Å². The van der Waals surface area contributed by atoms with E-state index < -0.39 is 0 Å². The Kier molecular flexibility index (Phi) is 7.08. The van der Waals surface area contributed by atoms with E-state index in [9.17, 15) is 4.79 Å². The van der Waals surface area contributed by atoms with Gasteiger partial charge in [-0.25, -0.2) is 0 Å². The third-order valence-corrected chi connectivity index (χ3v) is 4.90. The van der Waals surface area contributed by atoms with E-state index in [1.54, 1.807) is 0 Å². The SMILES string of the molecule is CCSC1CCC(NC(C)C(=O)NC(C)CC)C1. The number of carbonyl (C=O) groups excluding carboxylic acids is 1. The zero-order valence-corrected chi connectivity index (χ0v) is 13.0. The zero-order valence-electron chi connectivity index (χ0n) is 12.2. The molecule has 1 saturated carbocycles. The van der Waals surface area contributed by atoms with Crippen LogP contribution < -0.4 is 10.6 Å². The molecule has 3 nitrogen and oxygen atoms in total. The number of thioether (sulfide) groups is 1. The van der Waals surface area contributed by atoms with Gasteiger partial charge in [0.1, 0.15) is 0 Å². The molecule has 0 spiro atoms. The second-order valence-corrected chi connectivity index (χ2v) is 6.87. The summed E-state index contributed by atoms with van der Waals surface area (Å²) in [4.78, 5) is 11.9. The Morgan fingerprint density at radius 2 is 2.06 bits per heavy atom. The van der Waals surface area contributed by atoms with Gasteiger partial charge in [-0.15, -0.1) is 0 Å². The Balaban J connectivity index is 2.28. The van der Waals surface area contributed by atoms with Gasteiger partial charge in [0.25, 0.3) is 0 Å². The van der Waals surface area contributed by atoms with Gasteiger partial charge in [0, 0.05) is 17.3 Å². The monoisotopic (exact) mass is 272 g/mol. The predicted octanol–water partition coefficient (Wildman–Crippen LogP) is 2.55. The molecule has 0 aromatic carbocycles. The van der Waals surface area contributed by atoms with Crippen molar-refractivity contribution in [2.24, 2.45) is 0 Å². The standard InChI is InChI=1S/C14H28N2OS/c1-5-10(3)15-14(17)11(4)16-12-7-8-13(9-12)18-6-2/h10-13,16H,5-9H2,1-4H3,(H,15,17). The number of rotatable bonds is 7. The smallest absolute Gasteiger partial charge is 0.237 e. The molecule has 0 aromatic rings. The highest BCUT2D eigenvalue weighted by Gasteiger charge is 2.27. The quantitative estimate of drug-likeness (QED) is 0.748. The lowest BCUT2D eigenvalue weighted by Gasteiger charge is -2.21. The van der Waals surface area contributed by atoms with Crippen LogP contribution in [0.5, 0.6) is 0 Å². The number of carbonyl (C=O) groups is 1. The largest absolute Gasteiger partial charge is 0.352 e. The summed E-state index contributed by atoms with van der Waals surface area (Å²) in [7, 11) is 0. The summed E-state index contributed by atoms with van der Waals surface area (Å²) in [6.07, 6.45) is 4.69. The molecule has 18 heavy (non-hydrogen) atoms. The molecule has 106 valence electrons. The molecule has 0 bridgehead atoms. The molecule has 1 aliphatic carbocycles. The van der Waals surface area contributed by atoms with Gasteiger partial charge < -0.3 is 10.6 Å². The van der Waals surface area contributed by atoms with Gasteiger partial charge in [-0.05, 0) is 45.3 Å². The highest BCUT2D eigenvalue weighted by Crippen LogP contribution is 2.29. The molecule has 1 aliphatic rings. The molecule has 1 amide bonds. The van der Waals surface area contributed by atoms with Crippen LogP contribution in [-0.2, 0) is 4.79 Å². The molecule has 0 aliphatic heterocycles. The van der Waals surface area contributed by atoms with Gasteiger partial charge in [-0.1, -0.05) is 13.8 Å². The van der Waals surface area contributed by atoms with Crippen molar-refractivity contribution in [2.75, 3.05) is 5.75 Å². The first-order valence-electron chi connectivity index (χ1n) is 7.24. The molecule has 0 aromatic heterocycles. The van der Waals surface area contributed by atoms with Crippen LogP contribution in [0.15, 0.2) is 0 Å². The maximum absolute atomic E-state index is 11.9. The van der Waals surface area contributed by atoms with E-state index >= 15 is 0 Å². The summed E-state index contributed by atoms with van der Waals surface area (Å²) in [5.74, 6) is 1.33. The molecular weight excluding hydrogens is 244 g/mol. The summed E-state index contributed by atoms with van der Waals surface area (Å²) >= 11 is 2.05.